The van der Waals surface area contributed by atoms with Crippen molar-refractivity contribution in [1.29, 1.82) is 0 Å². The topological polar surface area (TPSA) is 33.1 Å². The van der Waals surface area contributed by atoms with Crippen LogP contribution in [0.4, 0.5) is 4.39 Å². The van der Waals surface area contributed by atoms with Crippen molar-refractivity contribution in [1.82, 2.24) is 4.98 Å². The molecule has 2 aromatic rings. The normalized spacial score (nSPS) is 12.5. The largest absolute Gasteiger partial charge is 0.386 e. The molecule has 0 radical (unpaired) electrons. The van der Waals surface area contributed by atoms with E-state index in [2.05, 4.69) is 4.98 Å². The van der Waals surface area contributed by atoms with Crippen molar-refractivity contribution in [3.05, 3.63) is 63.7 Å². The van der Waals surface area contributed by atoms with Crippen molar-refractivity contribution in [3.63, 3.8) is 0 Å². The highest BCUT2D eigenvalue weighted by Gasteiger charge is 2.15. The maximum atomic E-state index is 13.2. The van der Waals surface area contributed by atoms with E-state index in [0.717, 1.165) is 11.1 Å². The molecule has 0 aliphatic rings. The molecule has 1 aromatic carbocycles. The van der Waals surface area contributed by atoms with Gasteiger partial charge in [-0.15, -0.1) is 0 Å². The SMILES string of the molecule is Cc1cnc(C(O)Cc2cc(F)ccc2Cl)c(C)c1. The highest BCUT2D eigenvalue weighted by molar-refractivity contribution is 6.31. The first-order valence-electron chi connectivity index (χ1n) is 6.02. The lowest BCUT2D eigenvalue weighted by Gasteiger charge is -2.14. The molecule has 1 unspecified atom stereocenters. The number of pyridine rings is 1. The number of aromatic nitrogens is 1. The van der Waals surface area contributed by atoms with Gasteiger partial charge in [0.25, 0.3) is 0 Å². The van der Waals surface area contributed by atoms with Gasteiger partial charge < -0.3 is 5.11 Å². The highest BCUT2D eigenvalue weighted by atomic mass is 35.5. The van der Waals surface area contributed by atoms with Gasteiger partial charge in [0.05, 0.1) is 5.69 Å². The number of hydrogen-bond donors (Lipinski definition) is 1. The van der Waals surface area contributed by atoms with Crippen LogP contribution in [-0.4, -0.2) is 10.1 Å². The third-order valence-corrected chi connectivity index (χ3v) is 3.36. The van der Waals surface area contributed by atoms with Crippen molar-refractivity contribution >= 4 is 11.6 Å². The summed E-state index contributed by atoms with van der Waals surface area (Å²) in [7, 11) is 0. The minimum atomic E-state index is -0.792. The first kappa shape index (κ1) is 14.0. The van der Waals surface area contributed by atoms with Crippen LogP contribution in [-0.2, 0) is 6.42 Å². The number of hydrogen-bond acceptors (Lipinski definition) is 2. The van der Waals surface area contributed by atoms with Crippen LogP contribution in [0, 0.1) is 19.7 Å². The van der Waals surface area contributed by atoms with Gasteiger partial charge in [0.1, 0.15) is 11.9 Å². The molecule has 0 saturated carbocycles. The van der Waals surface area contributed by atoms with E-state index in [4.69, 9.17) is 11.6 Å². The highest BCUT2D eigenvalue weighted by Crippen LogP contribution is 2.25. The van der Waals surface area contributed by atoms with Crippen LogP contribution in [0.15, 0.2) is 30.5 Å². The third-order valence-electron chi connectivity index (χ3n) is 2.99. The zero-order valence-electron chi connectivity index (χ0n) is 10.8. The zero-order valence-corrected chi connectivity index (χ0v) is 11.6. The summed E-state index contributed by atoms with van der Waals surface area (Å²) in [6.07, 6.45) is 1.16. The molecule has 0 bridgehead atoms. The summed E-state index contributed by atoms with van der Waals surface area (Å²) in [5.41, 5.74) is 3.14. The van der Waals surface area contributed by atoms with Gasteiger partial charge in [0.2, 0.25) is 0 Å². The fraction of sp³-hybridized carbons (Fsp3) is 0.267. The second-order valence-electron chi connectivity index (χ2n) is 4.67. The number of aryl methyl sites for hydroxylation is 2. The summed E-state index contributed by atoms with van der Waals surface area (Å²) in [5, 5.41) is 10.7. The average Bonchev–Trinajstić information content (AvgIpc) is 2.33. The Morgan fingerprint density at radius 2 is 2.05 bits per heavy atom. The van der Waals surface area contributed by atoms with Crippen LogP contribution in [0.2, 0.25) is 5.02 Å². The average molecular weight is 280 g/mol. The second kappa shape index (κ2) is 5.68. The molecule has 100 valence electrons. The molecule has 1 atom stereocenters. The summed E-state index contributed by atoms with van der Waals surface area (Å²) in [4.78, 5) is 4.24. The molecule has 0 amide bonds. The lowest BCUT2D eigenvalue weighted by atomic mass is 10.0. The predicted octanol–water partition coefficient (Wildman–Crippen LogP) is 3.77. The molecule has 0 aliphatic carbocycles. The molecule has 2 rings (SSSR count). The van der Waals surface area contributed by atoms with E-state index < -0.39 is 6.10 Å². The van der Waals surface area contributed by atoms with Gasteiger partial charge in [-0.05, 0) is 48.7 Å². The van der Waals surface area contributed by atoms with Gasteiger partial charge in [-0.2, -0.15) is 0 Å². The van der Waals surface area contributed by atoms with E-state index in [1.165, 1.54) is 18.2 Å². The van der Waals surface area contributed by atoms with Crippen LogP contribution in [0.5, 0.6) is 0 Å². The van der Waals surface area contributed by atoms with Gasteiger partial charge >= 0.3 is 0 Å². The molecule has 1 heterocycles. The summed E-state index contributed by atoms with van der Waals surface area (Å²) < 4.78 is 13.2. The quantitative estimate of drug-likeness (QED) is 0.928. The molecule has 19 heavy (non-hydrogen) atoms. The fourth-order valence-electron chi connectivity index (χ4n) is 2.08. The third kappa shape index (κ3) is 3.31. The lowest BCUT2D eigenvalue weighted by Crippen LogP contribution is -2.07. The van der Waals surface area contributed by atoms with E-state index in [0.29, 0.717) is 16.3 Å². The summed E-state index contributed by atoms with van der Waals surface area (Å²) in [6, 6.07) is 6.09. The molecule has 0 fully saturated rings. The summed E-state index contributed by atoms with van der Waals surface area (Å²) in [6.45, 7) is 3.84. The van der Waals surface area contributed by atoms with Crippen molar-refractivity contribution in [2.45, 2.75) is 26.4 Å². The van der Waals surface area contributed by atoms with Gasteiger partial charge in [-0.1, -0.05) is 17.7 Å². The standard InChI is InChI=1S/C15H15ClFNO/c1-9-5-10(2)15(18-8-9)14(19)7-11-6-12(17)3-4-13(11)16/h3-6,8,14,19H,7H2,1-2H3. The Morgan fingerprint density at radius 3 is 2.74 bits per heavy atom. The van der Waals surface area contributed by atoms with Gasteiger partial charge in [-0.3, -0.25) is 4.98 Å². The van der Waals surface area contributed by atoms with E-state index in [-0.39, 0.29) is 12.2 Å². The van der Waals surface area contributed by atoms with Crippen molar-refractivity contribution < 1.29 is 9.50 Å². The molecule has 0 spiro atoms. The van der Waals surface area contributed by atoms with E-state index >= 15 is 0 Å². The Balaban J connectivity index is 2.25. The molecule has 4 heteroatoms. The predicted molar refractivity (Wildman–Crippen MR) is 73.8 cm³/mol. The Labute approximate surface area is 116 Å². The number of halogens is 2. The summed E-state index contributed by atoms with van der Waals surface area (Å²) >= 11 is 5.99. The Hall–Kier alpha value is -1.45. The Morgan fingerprint density at radius 1 is 1.32 bits per heavy atom. The van der Waals surface area contributed by atoms with E-state index in [1.807, 2.05) is 19.9 Å². The van der Waals surface area contributed by atoms with Crippen molar-refractivity contribution in [2.75, 3.05) is 0 Å². The number of benzene rings is 1. The van der Waals surface area contributed by atoms with Crippen LogP contribution in [0.25, 0.3) is 0 Å². The number of rotatable bonds is 3. The van der Waals surface area contributed by atoms with E-state index in [1.54, 1.807) is 6.20 Å². The molecule has 1 N–H and O–H groups in total. The zero-order chi connectivity index (χ0) is 14.0. The van der Waals surface area contributed by atoms with Gasteiger partial charge in [-0.25, -0.2) is 4.39 Å². The van der Waals surface area contributed by atoms with Crippen molar-refractivity contribution in [3.8, 4) is 0 Å². The van der Waals surface area contributed by atoms with Crippen molar-refractivity contribution in [2.24, 2.45) is 0 Å². The molecule has 0 aliphatic heterocycles. The Kier molecular flexibility index (Phi) is 4.17. The van der Waals surface area contributed by atoms with Crippen LogP contribution in [0.3, 0.4) is 0 Å². The maximum Gasteiger partial charge on any atom is 0.123 e. The van der Waals surface area contributed by atoms with E-state index in [9.17, 15) is 9.50 Å². The number of aliphatic hydroxyl groups excluding tert-OH is 1. The molecular weight excluding hydrogens is 265 g/mol. The van der Waals surface area contributed by atoms with Crippen LogP contribution < -0.4 is 0 Å². The molecular formula is C15H15ClFNO. The van der Waals surface area contributed by atoms with Crippen LogP contribution in [0.1, 0.15) is 28.5 Å². The van der Waals surface area contributed by atoms with Crippen LogP contribution >= 0.6 is 11.6 Å². The monoisotopic (exact) mass is 279 g/mol. The minimum Gasteiger partial charge on any atom is -0.386 e. The molecule has 0 saturated heterocycles. The summed E-state index contributed by atoms with van der Waals surface area (Å²) in [5.74, 6) is -0.361. The van der Waals surface area contributed by atoms with Gasteiger partial charge in [0.15, 0.2) is 0 Å². The molecule has 1 aromatic heterocycles. The first-order chi connectivity index (χ1) is 8.97. The number of nitrogens with zero attached hydrogens (tertiary/aromatic N) is 1. The first-order valence-corrected chi connectivity index (χ1v) is 6.40. The lowest BCUT2D eigenvalue weighted by molar-refractivity contribution is 0.172. The Bertz CT molecular complexity index is 601. The maximum absolute atomic E-state index is 13.2. The minimum absolute atomic E-state index is 0.244. The number of aliphatic hydroxyl groups is 1. The molecule has 2 nitrogen and oxygen atoms in total. The van der Waals surface area contributed by atoms with Gasteiger partial charge in [0, 0.05) is 17.6 Å². The smallest absolute Gasteiger partial charge is 0.123 e. The second-order valence-corrected chi connectivity index (χ2v) is 5.08. The fourth-order valence-corrected chi connectivity index (χ4v) is 2.27.